The Morgan fingerprint density at radius 2 is 1.66 bits per heavy atom. The number of thiazole rings is 1. The second kappa shape index (κ2) is 23.7. The number of nitrogens with zero attached hydrogens (tertiary/aromatic N) is 6. The minimum absolute atomic E-state index is 0.00304. The highest BCUT2D eigenvalue weighted by atomic mass is 32.1. The lowest BCUT2D eigenvalue weighted by Gasteiger charge is -2.35. The highest BCUT2D eigenvalue weighted by molar-refractivity contribution is 7.81. The molecule has 4 heterocycles. The Bertz CT molecular complexity index is 2800. The third kappa shape index (κ3) is 13.0. The van der Waals surface area contributed by atoms with Crippen LogP contribution in [0, 0.1) is 29.5 Å². The number of halogens is 4. The molecule has 25 heteroatoms. The van der Waals surface area contributed by atoms with Gasteiger partial charge in [-0.3, -0.25) is 28.9 Å². The molecule has 74 heavy (non-hydrogen) atoms. The molecule has 4 aromatic rings. The molecule has 5 amide bonds. The van der Waals surface area contributed by atoms with Crippen LogP contribution in [0.15, 0.2) is 54.2 Å². The number of hydrogen-bond donors (Lipinski definition) is 4. The molecule has 2 aliphatic rings. The smallest absolute Gasteiger partial charge is 0.420 e. The highest BCUT2D eigenvalue weighted by Crippen LogP contribution is 2.42. The van der Waals surface area contributed by atoms with E-state index in [0.29, 0.717) is 4.90 Å². The maximum absolute atomic E-state index is 15.4. The number of carbonyl (C=O) groups excluding carboxylic acids is 5. The molecule has 5 N–H and O–H groups in total. The summed E-state index contributed by atoms with van der Waals surface area (Å²) in [7, 11) is 0. The van der Waals surface area contributed by atoms with Crippen LogP contribution >= 0.6 is 23.6 Å². The van der Waals surface area contributed by atoms with Crippen molar-refractivity contribution in [2.24, 2.45) is 11.1 Å². The van der Waals surface area contributed by atoms with Gasteiger partial charge in [-0.1, -0.05) is 45.0 Å². The highest BCUT2D eigenvalue weighted by Gasteiger charge is 2.52. The third-order valence-corrected chi connectivity index (χ3v) is 13.3. The van der Waals surface area contributed by atoms with Gasteiger partial charge in [0.05, 0.1) is 84.4 Å². The summed E-state index contributed by atoms with van der Waals surface area (Å²) >= 11 is 7.00. The second-order valence-corrected chi connectivity index (χ2v) is 19.9. The Kier molecular flexibility index (Phi) is 18.1. The van der Waals surface area contributed by atoms with Gasteiger partial charge in [0.2, 0.25) is 23.6 Å². The van der Waals surface area contributed by atoms with E-state index in [1.807, 2.05) is 31.2 Å². The van der Waals surface area contributed by atoms with Crippen LogP contribution in [0.1, 0.15) is 73.8 Å². The summed E-state index contributed by atoms with van der Waals surface area (Å²) < 4.78 is 78.9. The van der Waals surface area contributed by atoms with E-state index in [0.717, 1.165) is 33.8 Å². The Labute approximate surface area is 432 Å². The molecule has 2 saturated heterocycles. The first-order valence-electron chi connectivity index (χ1n) is 23.1. The van der Waals surface area contributed by atoms with Crippen LogP contribution in [0.3, 0.4) is 0 Å². The Balaban J connectivity index is 0.911. The van der Waals surface area contributed by atoms with Crippen molar-refractivity contribution >= 4 is 69.6 Å². The largest absolute Gasteiger partial charge is 0.475 e. The predicted molar refractivity (Wildman–Crippen MR) is 265 cm³/mol. The molecule has 3 atom stereocenters. The maximum Gasteiger partial charge on any atom is 0.420 e. The first kappa shape index (κ1) is 56.6. The lowest BCUT2D eigenvalue weighted by Crippen LogP contribution is -2.58. The molecular formula is C49H55F4N9O10S2. The number of aliphatic hydroxyl groups excluding tert-OH is 1. The van der Waals surface area contributed by atoms with E-state index in [1.54, 1.807) is 37.6 Å². The summed E-state index contributed by atoms with van der Waals surface area (Å²) in [6.07, 6.45) is -4.97. The van der Waals surface area contributed by atoms with Gasteiger partial charge < -0.3 is 50.2 Å². The number of anilines is 2. The molecule has 19 nitrogen and oxygen atoms in total. The summed E-state index contributed by atoms with van der Waals surface area (Å²) in [6, 6.07) is 9.82. The average Bonchev–Trinajstić information content (AvgIpc) is 4.00. The van der Waals surface area contributed by atoms with E-state index >= 15 is 4.39 Å². The van der Waals surface area contributed by atoms with Crippen molar-refractivity contribution in [3.05, 3.63) is 87.9 Å². The second-order valence-electron chi connectivity index (χ2n) is 18.7. The zero-order valence-corrected chi connectivity index (χ0v) is 42.8. The minimum Gasteiger partial charge on any atom is -0.475 e. The number of aromatic nitrogens is 2. The maximum atomic E-state index is 15.4. The summed E-state index contributed by atoms with van der Waals surface area (Å²) in [4.78, 5) is 79.0. The first-order chi connectivity index (χ1) is 34.9. The number of likely N-dealkylation sites (tertiary alicyclic amines) is 1. The fraction of sp³-hybridized carbons (Fsp3) is 0.449. The van der Waals surface area contributed by atoms with E-state index in [2.05, 4.69) is 20.6 Å². The molecule has 0 saturated carbocycles. The fourth-order valence-corrected chi connectivity index (χ4v) is 9.52. The van der Waals surface area contributed by atoms with Gasteiger partial charge in [-0.25, -0.2) is 14.4 Å². The third-order valence-electron chi connectivity index (χ3n) is 11.9. The number of hydrogen-bond acceptors (Lipinski definition) is 15. The van der Waals surface area contributed by atoms with Crippen molar-refractivity contribution in [1.82, 2.24) is 25.5 Å². The number of primary amides is 1. The number of aryl methyl sites for hydroxylation is 1. The predicted octanol–water partition coefficient (Wildman–Crippen LogP) is 4.80. The first-order valence-corrected chi connectivity index (χ1v) is 24.3. The summed E-state index contributed by atoms with van der Waals surface area (Å²) in [5, 5.41) is 24.9. The normalized spacial score (nSPS) is 17.1. The number of thiocarbonyl (C=S) groups is 1. The average molecular weight is 1070 g/mol. The molecule has 0 aliphatic carbocycles. The minimum atomic E-state index is -5.26. The lowest BCUT2D eigenvalue weighted by atomic mass is 9.85. The number of benzene rings is 2. The molecule has 2 aliphatic heterocycles. The van der Waals surface area contributed by atoms with Gasteiger partial charge in [0.1, 0.15) is 42.0 Å². The summed E-state index contributed by atoms with van der Waals surface area (Å²) in [5.41, 5.74) is 3.88. The van der Waals surface area contributed by atoms with E-state index in [1.165, 1.54) is 42.0 Å². The number of amides is 5. The molecule has 0 unspecified atom stereocenters. The molecule has 0 bridgehead atoms. The zero-order valence-electron chi connectivity index (χ0n) is 41.2. The summed E-state index contributed by atoms with van der Waals surface area (Å²) in [5.74, 6) is -5.49. The topological polar surface area (TPSA) is 252 Å². The number of ether oxygens (including phenoxy) is 4. The van der Waals surface area contributed by atoms with Crippen molar-refractivity contribution < 1.29 is 65.6 Å². The summed E-state index contributed by atoms with van der Waals surface area (Å²) in [6.45, 7) is 9.97. The van der Waals surface area contributed by atoms with Crippen molar-refractivity contribution in [3.63, 3.8) is 0 Å². The van der Waals surface area contributed by atoms with Crippen LogP contribution in [-0.2, 0) is 46.1 Å². The van der Waals surface area contributed by atoms with Crippen LogP contribution in [-0.4, -0.2) is 131 Å². The van der Waals surface area contributed by atoms with Crippen molar-refractivity contribution in [2.75, 3.05) is 62.6 Å². The van der Waals surface area contributed by atoms with Gasteiger partial charge in [-0.2, -0.15) is 18.4 Å². The van der Waals surface area contributed by atoms with Crippen molar-refractivity contribution in [1.29, 1.82) is 5.26 Å². The number of nitriles is 1. The standard InChI is InChI=1S/C49H55F4N9O10S2/c1-27-39(74-26-58-27)29-9-7-28(8-10-29)22-56-42(66)35-20-32(63)24-60(35)44(67)40(47(2,3)4)59-36(64)25-71-16-15-69-13-14-70-17-18-72-43-33(41(55)65)19-31(23-57-43)62-46(73)61(45(68)48(62,5)6)34-12-11-30(21-54)37(38(34)50)49(51,52)53/h7-12,19,23,26,32,35,40,63H,13-18,20,22,24-25H2,1-6H3,(H2,55,65)(H,56,66)(H,59,64)/t32-,35+,40-/m1/s1. The Hall–Kier alpha value is -6.69. The van der Waals surface area contributed by atoms with Crippen molar-refractivity contribution in [3.8, 4) is 22.4 Å². The molecule has 396 valence electrons. The van der Waals surface area contributed by atoms with Crippen LogP contribution in [0.5, 0.6) is 5.88 Å². The number of nitrogens with one attached hydrogen (secondary N) is 2. The van der Waals surface area contributed by atoms with Gasteiger partial charge >= 0.3 is 6.18 Å². The monoisotopic (exact) mass is 1070 g/mol. The number of aliphatic hydroxyl groups is 1. The van der Waals surface area contributed by atoms with E-state index < -0.39 is 99.2 Å². The number of alkyl halides is 3. The van der Waals surface area contributed by atoms with Gasteiger partial charge in [-0.15, -0.1) is 11.3 Å². The quantitative estimate of drug-likeness (QED) is 0.0497. The van der Waals surface area contributed by atoms with E-state index in [9.17, 15) is 47.5 Å². The molecule has 2 aromatic heterocycles. The Morgan fingerprint density at radius 3 is 2.26 bits per heavy atom. The molecule has 6 rings (SSSR count). The van der Waals surface area contributed by atoms with E-state index in [-0.39, 0.29) is 76.3 Å². The van der Waals surface area contributed by atoms with E-state index in [4.69, 9.17) is 36.9 Å². The van der Waals surface area contributed by atoms with Crippen molar-refractivity contribution in [2.45, 2.75) is 84.4 Å². The van der Waals surface area contributed by atoms with Crippen LogP contribution in [0.4, 0.5) is 28.9 Å². The number of carbonyl (C=O) groups is 5. The number of β-amino-alcohol motifs (C(OH)–C–C–N with tert-alkyl or cyclic N) is 1. The van der Waals surface area contributed by atoms with Gasteiger partial charge in [0.25, 0.3) is 11.8 Å². The number of rotatable bonds is 21. The number of nitrogens with two attached hydrogens (primary N) is 1. The van der Waals surface area contributed by atoms with Gasteiger partial charge in [0.15, 0.2) is 10.9 Å². The van der Waals surface area contributed by atoms with Crippen LogP contribution in [0.25, 0.3) is 10.4 Å². The molecule has 0 spiro atoms. The SMILES string of the molecule is Cc1ncsc1-c1ccc(CNC(=O)[C@@H]2C[C@@H](O)CN2C(=O)[C@@H](NC(=O)COCCOCCOCCOc2ncc(N3C(=S)N(c4ccc(C#N)c(C(F)(F)F)c4F)C(=O)C3(C)C)cc2C(N)=O)C(C)(C)C)cc1. The molecule has 2 aromatic carbocycles. The molecule has 0 radical (unpaired) electrons. The fourth-order valence-electron chi connectivity index (χ4n) is 8.19. The zero-order chi connectivity index (χ0) is 54.3. The molecule has 2 fully saturated rings. The Morgan fingerprint density at radius 1 is 1.01 bits per heavy atom. The lowest BCUT2D eigenvalue weighted by molar-refractivity contribution is -0.144. The van der Waals surface area contributed by atoms with Gasteiger partial charge in [-0.05, 0) is 67.7 Å². The number of pyridine rings is 1. The van der Waals surface area contributed by atoms with Crippen LogP contribution < -0.4 is 30.9 Å². The van der Waals surface area contributed by atoms with Crippen LogP contribution in [0.2, 0.25) is 0 Å². The molecular weight excluding hydrogens is 1010 g/mol. The van der Waals surface area contributed by atoms with Gasteiger partial charge in [0, 0.05) is 19.5 Å².